The number of alkyl halides is 3. The van der Waals surface area contributed by atoms with Crippen LogP contribution in [0.25, 0.3) is 0 Å². The minimum Gasteiger partial charge on any atom is -0.370 e. The van der Waals surface area contributed by atoms with Crippen LogP contribution in [0.2, 0.25) is 5.02 Å². The SMILES string of the molecule is Cc1ccc(CCN2CC(=O)N(Cc3ccc(C(F)(F)F)cc3)CC(=O)NCc3ccccc3C(=O)C[C@H](CCCN=C(N)N)C2=O)c(Cl)c1. The van der Waals surface area contributed by atoms with E-state index >= 15 is 0 Å². The lowest BCUT2D eigenvalue weighted by Crippen LogP contribution is -2.48. The number of nitrogens with one attached hydrogen (secondary N) is 1. The number of carbonyl (C=O) groups is 4. The van der Waals surface area contributed by atoms with Crippen molar-refractivity contribution in [1.82, 2.24) is 15.1 Å². The van der Waals surface area contributed by atoms with Gasteiger partial charge in [0.15, 0.2) is 11.7 Å². The van der Waals surface area contributed by atoms with Gasteiger partial charge in [-0.05, 0) is 66.6 Å². The van der Waals surface area contributed by atoms with Gasteiger partial charge in [0.1, 0.15) is 0 Å². The normalized spacial score (nSPS) is 16.5. The highest BCUT2D eigenvalue weighted by atomic mass is 35.5. The Balaban J connectivity index is 1.71. The second-order valence-corrected chi connectivity index (χ2v) is 12.7. The number of hydrogen-bond acceptors (Lipinski definition) is 5. The molecule has 0 aromatic heterocycles. The molecule has 0 radical (unpaired) electrons. The highest BCUT2D eigenvalue weighted by molar-refractivity contribution is 6.31. The Hall–Kier alpha value is -4.91. The van der Waals surface area contributed by atoms with Crippen LogP contribution in [-0.4, -0.2) is 65.4 Å². The van der Waals surface area contributed by atoms with E-state index in [1.54, 1.807) is 30.3 Å². The molecule has 3 aromatic rings. The van der Waals surface area contributed by atoms with Gasteiger partial charge in [0.25, 0.3) is 0 Å². The highest BCUT2D eigenvalue weighted by Gasteiger charge is 2.32. The molecule has 14 heteroatoms. The number of halogens is 4. The summed E-state index contributed by atoms with van der Waals surface area (Å²) in [5.74, 6) is -2.86. The maximum absolute atomic E-state index is 14.4. The largest absolute Gasteiger partial charge is 0.416 e. The van der Waals surface area contributed by atoms with Crippen LogP contribution in [0.1, 0.15) is 57.4 Å². The summed E-state index contributed by atoms with van der Waals surface area (Å²) in [6.45, 7) is 1.07. The molecule has 266 valence electrons. The first kappa shape index (κ1) is 37.9. The van der Waals surface area contributed by atoms with Gasteiger partial charge >= 0.3 is 6.18 Å². The van der Waals surface area contributed by atoms with Crippen LogP contribution in [0, 0.1) is 12.8 Å². The van der Waals surface area contributed by atoms with Gasteiger partial charge in [0.2, 0.25) is 17.7 Å². The molecule has 1 atom stereocenters. The molecular weight excluding hydrogens is 673 g/mol. The van der Waals surface area contributed by atoms with E-state index in [-0.39, 0.29) is 57.2 Å². The maximum atomic E-state index is 14.4. The summed E-state index contributed by atoms with van der Waals surface area (Å²) in [7, 11) is 0. The molecule has 0 bridgehead atoms. The van der Waals surface area contributed by atoms with E-state index in [2.05, 4.69) is 10.3 Å². The third kappa shape index (κ3) is 10.8. The fourth-order valence-corrected chi connectivity index (χ4v) is 6.04. The molecule has 0 unspecified atom stereocenters. The number of benzene rings is 3. The van der Waals surface area contributed by atoms with Crippen LogP contribution < -0.4 is 16.8 Å². The minimum absolute atomic E-state index is 0.0183. The zero-order valence-corrected chi connectivity index (χ0v) is 28.4. The Morgan fingerprint density at radius 3 is 2.38 bits per heavy atom. The van der Waals surface area contributed by atoms with Crippen molar-refractivity contribution in [2.45, 2.75) is 51.9 Å². The predicted octanol–water partition coefficient (Wildman–Crippen LogP) is 4.64. The number of carbonyl (C=O) groups excluding carboxylic acids is 4. The van der Waals surface area contributed by atoms with Crippen LogP contribution in [0.3, 0.4) is 0 Å². The third-order valence-corrected chi connectivity index (χ3v) is 8.77. The van der Waals surface area contributed by atoms with Gasteiger partial charge in [-0.3, -0.25) is 24.2 Å². The van der Waals surface area contributed by atoms with Crippen LogP contribution in [0.15, 0.2) is 71.7 Å². The van der Waals surface area contributed by atoms with Gasteiger partial charge in [-0.25, -0.2) is 0 Å². The van der Waals surface area contributed by atoms with E-state index in [1.807, 2.05) is 19.1 Å². The number of aryl methyl sites for hydroxylation is 1. The lowest BCUT2D eigenvalue weighted by molar-refractivity contribution is -0.144. The van der Waals surface area contributed by atoms with Crippen molar-refractivity contribution in [2.75, 3.05) is 26.2 Å². The van der Waals surface area contributed by atoms with Crippen molar-refractivity contribution < 1.29 is 32.3 Å². The lowest BCUT2D eigenvalue weighted by Gasteiger charge is -2.31. The number of ketones is 1. The van der Waals surface area contributed by atoms with E-state index < -0.39 is 48.5 Å². The Morgan fingerprint density at radius 1 is 0.980 bits per heavy atom. The molecule has 3 amide bonds. The topological polar surface area (TPSA) is 151 Å². The first-order valence-corrected chi connectivity index (χ1v) is 16.5. The molecule has 0 spiro atoms. The summed E-state index contributed by atoms with van der Waals surface area (Å²) in [6, 6.07) is 16.6. The van der Waals surface area contributed by atoms with Gasteiger partial charge in [0.05, 0.1) is 18.7 Å². The van der Waals surface area contributed by atoms with E-state index in [9.17, 15) is 32.3 Å². The molecule has 1 aliphatic heterocycles. The Bertz CT molecular complexity index is 1730. The molecule has 4 rings (SSSR count). The van der Waals surface area contributed by atoms with Gasteiger partial charge in [-0.15, -0.1) is 0 Å². The molecule has 0 aliphatic carbocycles. The van der Waals surface area contributed by atoms with Gasteiger partial charge in [0, 0.05) is 49.1 Å². The highest BCUT2D eigenvalue weighted by Crippen LogP contribution is 2.29. The second kappa shape index (κ2) is 17.1. The fraction of sp³-hybridized carbons (Fsp3) is 0.361. The average molecular weight is 713 g/mol. The van der Waals surface area contributed by atoms with E-state index in [1.165, 1.54) is 21.9 Å². The summed E-state index contributed by atoms with van der Waals surface area (Å²) in [5, 5.41) is 3.24. The Kier molecular flexibility index (Phi) is 13.0. The minimum atomic E-state index is -4.54. The number of guanidine groups is 1. The quantitative estimate of drug-likeness (QED) is 0.167. The van der Waals surface area contributed by atoms with Crippen LogP contribution >= 0.6 is 11.6 Å². The molecule has 0 saturated carbocycles. The summed E-state index contributed by atoms with van der Waals surface area (Å²) in [6.07, 6.45) is -3.81. The number of amides is 3. The van der Waals surface area contributed by atoms with Crippen molar-refractivity contribution in [2.24, 2.45) is 22.4 Å². The van der Waals surface area contributed by atoms with Gasteiger partial charge < -0.3 is 26.6 Å². The Labute approximate surface area is 293 Å². The van der Waals surface area contributed by atoms with Crippen molar-refractivity contribution in [1.29, 1.82) is 0 Å². The second-order valence-electron chi connectivity index (χ2n) is 12.3. The van der Waals surface area contributed by atoms with Crippen LogP contribution in [0.4, 0.5) is 13.2 Å². The van der Waals surface area contributed by atoms with Crippen molar-refractivity contribution in [3.05, 3.63) is 105 Å². The molecule has 3 aromatic carbocycles. The molecule has 5 N–H and O–H groups in total. The van der Waals surface area contributed by atoms with Crippen LogP contribution in [0.5, 0.6) is 0 Å². The smallest absolute Gasteiger partial charge is 0.370 e. The molecular formula is C36H40ClF3N6O4. The van der Waals surface area contributed by atoms with Gasteiger partial charge in [-0.1, -0.05) is 60.1 Å². The third-order valence-electron chi connectivity index (χ3n) is 8.42. The first-order valence-electron chi connectivity index (χ1n) is 16.1. The standard InChI is InChI=1S/C36H40ClF3N6O4/c1-23-8-11-25(30(37)17-23)14-16-45-22-33(49)46(20-24-9-12-28(13-10-24)36(38,39)40)21-32(48)44-19-27-5-2-3-7-29(27)31(47)18-26(34(45)50)6-4-15-43-35(41)42/h2-3,5,7-13,17,26H,4,6,14-16,18-22H2,1H3,(H,44,48)(H4,41,42,43)/t26-/m0/s1. The predicted molar refractivity (Wildman–Crippen MR) is 184 cm³/mol. The monoisotopic (exact) mass is 712 g/mol. The average Bonchev–Trinajstić information content (AvgIpc) is 3.06. The molecule has 50 heavy (non-hydrogen) atoms. The fourth-order valence-electron chi connectivity index (χ4n) is 5.71. The molecule has 0 saturated heterocycles. The summed E-state index contributed by atoms with van der Waals surface area (Å²) in [4.78, 5) is 61.8. The maximum Gasteiger partial charge on any atom is 0.416 e. The number of fused-ring (bicyclic) bond motifs is 1. The number of nitrogens with zero attached hydrogens (tertiary/aromatic N) is 3. The first-order chi connectivity index (χ1) is 23.7. The summed E-state index contributed by atoms with van der Waals surface area (Å²) < 4.78 is 39.7. The number of nitrogens with two attached hydrogens (primary N) is 2. The van der Waals surface area contributed by atoms with Crippen molar-refractivity contribution in [3.63, 3.8) is 0 Å². The van der Waals surface area contributed by atoms with E-state index in [0.717, 1.165) is 23.3 Å². The zero-order valence-electron chi connectivity index (χ0n) is 27.6. The molecule has 10 nitrogen and oxygen atoms in total. The number of Topliss-reactive ketones (excluding diaryl/α,β-unsaturated/α-hetero) is 1. The Morgan fingerprint density at radius 2 is 1.70 bits per heavy atom. The zero-order chi connectivity index (χ0) is 36.4. The number of rotatable bonds is 9. The van der Waals surface area contributed by atoms with Crippen molar-refractivity contribution >= 4 is 41.1 Å². The molecule has 0 fully saturated rings. The molecule has 1 heterocycles. The summed E-state index contributed by atoms with van der Waals surface area (Å²) in [5.41, 5.74) is 13.0. The number of aliphatic imine (C=N–C) groups is 1. The molecule has 1 aliphatic rings. The van der Waals surface area contributed by atoms with Crippen LogP contribution in [-0.2, 0) is 40.1 Å². The van der Waals surface area contributed by atoms with E-state index in [4.69, 9.17) is 23.1 Å². The summed E-state index contributed by atoms with van der Waals surface area (Å²) >= 11 is 6.50. The van der Waals surface area contributed by atoms with Crippen molar-refractivity contribution in [3.8, 4) is 0 Å². The van der Waals surface area contributed by atoms with E-state index in [0.29, 0.717) is 28.1 Å². The van der Waals surface area contributed by atoms with Gasteiger partial charge in [-0.2, -0.15) is 13.2 Å². The lowest BCUT2D eigenvalue weighted by atomic mass is 9.90. The number of hydrogen-bond donors (Lipinski definition) is 3.